The van der Waals surface area contributed by atoms with Crippen molar-refractivity contribution in [2.24, 2.45) is 16.2 Å². The normalized spacial score (nSPS) is 13.6. The highest BCUT2D eigenvalue weighted by molar-refractivity contribution is 6.50. The zero-order chi connectivity index (χ0) is 40.3. The van der Waals surface area contributed by atoms with Gasteiger partial charge in [-0.3, -0.25) is 24.0 Å². The molecule has 2 aliphatic carbocycles. The van der Waals surface area contributed by atoms with Gasteiger partial charge in [-0.05, 0) is 49.2 Å². The van der Waals surface area contributed by atoms with Crippen LogP contribution >= 0.6 is 23.2 Å². The van der Waals surface area contributed by atoms with E-state index in [0.29, 0.717) is 38.5 Å². The van der Waals surface area contributed by atoms with Crippen molar-refractivity contribution < 1.29 is 24.0 Å². The van der Waals surface area contributed by atoms with Gasteiger partial charge < -0.3 is 0 Å². The van der Waals surface area contributed by atoms with Crippen LogP contribution in [0.5, 0.6) is 0 Å². The Morgan fingerprint density at radius 1 is 0.538 bits per heavy atom. The Balaban J connectivity index is -0.000000572. The first-order chi connectivity index (χ1) is 23.2. The first-order valence-corrected chi connectivity index (χ1v) is 18.2. The van der Waals surface area contributed by atoms with E-state index in [2.05, 4.69) is 83.1 Å². The quantitative estimate of drug-likeness (QED) is 0.214. The zero-order valence-electron chi connectivity index (χ0n) is 33.8. The summed E-state index contributed by atoms with van der Waals surface area (Å²) in [7, 11) is 0. The largest absolute Gasteiger partial charge is 0.295 e. The van der Waals surface area contributed by atoms with Crippen molar-refractivity contribution in [1.29, 1.82) is 0 Å². The van der Waals surface area contributed by atoms with Gasteiger partial charge in [0, 0.05) is 27.8 Å². The van der Waals surface area contributed by atoms with E-state index in [1.165, 1.54) is 38.3 Å². The second kappa shape index (κ2) is 24.8. The van der Waals surface area contributed by atoms with E-state index >= 15 is 0 Å². The van der Waals surface area contributed by atoms with Gasteiger partial charge in [-0.2, -0.15) is 0 Å². The smallest absolute Gasteiger partial charge is 0.205 e. The summed E-state index contributed by atoms with van der Waals surface area (Å²) in [6.45, 7) is 31.5. The molecule has 2 aliphatic rings. The Kier molecular flexibility index (Phi) is 25.2. The molecule has 52 heavy (non-hydrogen) atoms. The average molecular weight is 758 g/mol. The molecule has 2 aromatic carbocycles. The van der Waals surface area contributed by atoms with Crippen molar-refractivity contribution >= 4 is 52.1 Å². The second-order valence-electron chi connectivity index (χ2n) is 15.8. The lowest BCUT2D eigenvalue weighted by atomic mass is 9.90. The molecule has 0 atom stereocenters. The number of carbonyl (C=O) groups excluding carboxylic acids is 5. The Labute approximate surface area is 326 Å². The molecule has 290 valence electrons. The molecule has 0 unspecified atom stereocenters. The van der Waals surface area contributed by atoms with Gasteiger partial charge in [-0.1, -0.05) is 188 Å². The standard InChI is InChI=1S/C11H7ClO2.C8H8O.C7H5ClO2.3C6H14.CH4/c1-6-9(12)11(14)8-5-3-2-4-7(8)10(6)13;1-7(9)8-5-3-2-4-6-8;1-4-5(9)2-3-6(10)7(4)8;3*1-5-6(2,3)4;/h2-5H,1H3;2-6H,1H3;2-3H,1H3;3*5H2,1-4H3;1H4. The zero-order valence-corrected chi connectivity index (χ0v) is 35.3. The van der Waals surface area contributed by atoms with Crippen molar-refractivity contribution in [2.75, 3.05) is 0 Å². The molecule has 0 N–H and O–H groups in total. The minimum Gasteiger partial charge on any atom is -0.295 e. The molecule has 0 saturated carbocycles. The number of fused-ring (bicyclic) bond motifs is 1. The number of rotatable bonds is 1. The predicted molar refractivity (Wildman–Crippen MR) is 224 cm³/mol. The monoisotopic (exact) mass is 756 g/mol. The molecule has 0 radical (unpaired) electrons. The number of hydrogen-bond acceptors (Lipinski definition) is 5. The van der Waals surface area contributed by atoms with Crippen LogP contribution in [0, 0.1) is 16.2 Å². The number of benzene rings is 2. The van der Waals surface area contributed by atoms with Gasteiger partial charge in [0.2, 0.25) is 5.78 Å². The third kappa shape index (κ3) is 22.5. The molecule has 7 heteroatoms. The molecule has 0 heterocycles. The summed E-state index contributed by atoms with van der Waals surface area (Å²) in [6.07, 6.45) is 6.22. The number of carbonyl (C=O) groups is 5. The maximum absolute atomic E-state index is 11.7. The Hall–Kier alpha value is -3.41. The lowest BCUT2D eigenvalue weighted by molar-refractivity contribution is -0.114. The van der Waals surface area contributed by atoms with E-state index in [1.54, 1.807) is 38.1 Å². The van der Waals surface area contributed by atoms with Crippen molar-refractivity contribution in [2.45, 2.75) is 131 Å². The van der Waals surface area contributed by atoms with Crippen LogP contribution in [0.3, 0.4) is 0 Å². The number of Topliss-reactive ketones (excluding diaryl/α,β-unsaturated/α-hetero) is 3. The molecule has 0 bridgehead atoms. The highest BCUT2D eigenvalue weighted by atomic mass is 35.5. The van der Waals surface area contributed by atoms with Gasteiger partial charge in [-0.25, -0.2) is 0 Å². The number of allylic oxidation sites excluding steroid dienone is 6. The van der Waals surface area contributed by atoms with Crippen LogP contribution in [-0.4, -0.2) is 28.9 Å². The molecule has 0 spiro atoms. The van der Waals surface area contributed by atoms with Gasteiger partial charge in [0.1, 0.15) is 0 Å². The molecular weight excluding hydrogens is 691 g/mol. The third-order valence-electron chi connectivity index (χ3n) is 7.95. The summed E-state index contributed by atoms with van der Waals surface area (Å²) < 4.78 is 0. The van der Waals surface area contributed by atoms with Gasteiger partial charge >= 0.3 is 0 Å². The first-order valence-electron chi connectivity index (χ1n) is 17.5. The van der Waals surface area contributed by atoms with Crippen LogP contribution in [0.2, 0.25) is 0 Å². The van der Waals surface area contributed by atoms with Crippen LogP contribution in [-0.2, 0) is 9.59 Å². The van der Waals surface area contributed by atoms with Crippen LogP contribution in [0.4, 0.5) is 0 Å². The van der Waals surface area contributed by atoms with Crippen molar-refractivity contribution in [3.63, 3.8) is 0 Å². The van der Waals surface area contributed by atoms with E-state index in [4.69, 9.17) is 23.2 Å². The van der Waals surface area contributed by atoms with E-state index in [0.717, 1.165) is 5.56 Å². The minimum atomic E-state index is -0.293. The molecule has 5 nitrogen and oxygen atoms in total. The Morgan fingerprint density at radius 3 is 1.17 bits per heavy atom. The maximum Gasteiger partial charge on any atom is 0.205 e. The molecule has 0 aromatic heterocycles. The Bertz CT molecular complexity index is 1450. The second-order valence-corrected chi connectivity index (χ2v) is 16.6. The van der Waals surface area contributed by atoms with Crippen LogP contribution in [0.25, 0.3) is 0 Å². The predicted octanol–water partition coefficient (Wildman–Crippen LogP) is 13.6. The fraction of sp³-hybridized carbons (Fsp3) is 0.489. The number of hydrogen-bond donors (Lipinski definition) is 0. The van der Waals surface area contributed by atoms with Gasteiger partial charge in [0.05, 0.1) is 10.1 Å². The van der Waals surface area contributed by atoms with Crippen LogP contribution < -0.4 is 0 Å². The lowest BCUT2D eigenvalue weighted by Gasteiger charge is -2.14. The molecule has 0 fully saturated rings. The van der Waals surface area contributed by atoms with Crippen LogP contribution in [0.1, 0.15) is 162 Å². The van der Waals surface area contributed by atoms with E-state index in [-0.39, 0.29) is 46.4 Å². The third-order valence-corrected chi connectivity index (χ3v) is 8.87. The summed E-state index contributed by atoms with van der Waals surface area (Å²) in [6, 6.07) is 15.9. The van der Waals surface area contributed by atoms with Gasteiger partial charge in [0.15, 0.2) is 23.1 Å². The Morgan fingerprint density at radius 2 is 0.865 bits per heavy atom. The van der Waals surface area contributed by atoms with E-state index in [1.807, 2.05) is 30.3 Å². The fourth-order valence-corrected chi connectivity index (χ4v) is 3.13. The molecular formula is C45H66Cl2O5. The summed E-state index contributed by atoms with van der Waals surface area (Å²) in [5.74, 6) is -0.788. The average Bonchev–Trinajstić information content (AvgIpc) is 3.08. The van der Waals surface area contributed by atoms with E-state index in [9.17, 15) is 24.0 Å². The minimum absolute atomic E-state index is 0. The molecule has 0 saturated heterocycles. The van der Waals surface area contributed by atoms with E-state index < -0.39 is 0 Å². The number of halogens is 2. The maximum atomic E-state index is 11.7. The van der Waals surface area contributed by atoms with Crippen molar-refractivity contribution in [3.05, 3.63) is 105 Å². The molecule has 0 amide bonds. The number of ketones is 5. The van der Waals surface area contributed by atoms with Gasteiger partial charge in [0.25, 0.3) is 0 Å². The first kappa shape index (κ1) is 52.9. The summed E-state index contributed by atoms with van der Waals surface area (Å²) in [5.41, 5.74) is 3.90. The summed E-state index contributed by atoms with van der Waals surface area (Å²) in [4.78, 5) is 55.4. The van der Waals surface area contributed by atoms with Crippen molar-refractivity contribution in [1.82, 2.24) is 0 Å². The topological polar surface area (TPSA) is 85.3 Å². The van der Waals surface area contributed by atoms with Crippen LogP contribution in [0.15, 0.2) is 88.0 Å². The molecule has 4 rings (SSSR count). The fourth-order valence-electron chi connectivity index (χ4n) is 2.78. The molecule has 2 aromatic rings. The highest BCUT2D eigenvalue weighted by Crippen LogP contribution is 2.27. The highest BCUT2D eigenvalue weighted by Gasteiger charge is 2.28. The summed E-state index contributed by atoms with van der Waals surface area (Å²) in [5, 5.41) is 0.0706. The van der Waals surface area contributed by atoms with Crippen molar-refractivity contribution in [3.8, 4) is 0 Å². The SMILES string of the molecule is C.CC(=O)c1ccccc1.CC1=C(Cl)C(=O)C=CC1=O.CC1=C(Cl)C(=O)c2ccccc2C1=O.CCC(C)(C)C.CCC(C)(C)C.CCC(C)(C)C. The lowest BCUT2D eigenvalue weighted by Crippen LogP contribution is -2.18. The summed E-state index contributed by atoms with van der Waals surface area (Å²) >= 11 is 11.2. The van der Waals surface area contributed by atoms with Gasteiger partial charge in [-0.15, -0.1) is 0 Å². The molecule has 0 aliphatic heterocycles.